The Labute approximate surface area is 116 Å². The molecule has 1 fully saturated rings. The number of anilines is 1. The van der Waals surface area contributed by atoms with Gasteiger partial charge in [0.15, 0.2) is 0 Å². The van der Waals surface area contributed by atoms with Crippen LogP contribution in [-0.2, 0) is 10.0 Å². The lowest BCUT2D eigenvalue weighted by molar-refractivity contribution is 0.463. The van der Waals surface area contributed by atoms with Crippen molar-refractivity contribution < 1.29 is 8.42 Å². The SMILES string of the molecule is CC1CN(S(=O)(=O)c2ccc(Br)c(N)c2)CC1C. The molecular weight excluding hydrogens is 316 g/mol. The second-order valence-electron chi connectivity index (χ2n) is 4.96. The zero-order valence-electron chi connectivity index (χ0n) is 10.4. The molecule has 0 amide bonds. The predicted octanol–water partition coefficient (Wildman–Crippen LogP) is 2.31. The molecule has 2 N–H and O–H groups in total. The number of nitrogen functional groups attached to an aromatic ring is 1. The molecule has 2 atom stereocenters. The number of nitrogens with two attached hydrogens (primary N) is 1. The Bertz CT molecular complexity index is 549. The van der Waals surface area contributed by atoms with Gasteiger partial charge in [0, 0.05) is 23.2 Å². The van der Waals surface area contributed by atoms with Gasteiger partial charge in [-0.1, -0.05) is 13.8 Å². The van der Waals surface area contributed by atoms with Crippen molar-refractivity contribution in [1.29, 1.82) is 0 Å². The number of sulfonamides is 1. The molecule has 100 valence electrons. The standard InChI is InChI=1S/C12H17BrN2O2S/c1-8-6-15(7-9(8)2)18(16,17)10-3-4-11(13)12(14)5-10/h3-5,8-9H,6-7,14H2,1-2H3. The van der Waals surface area contributed by atoms with Gasteiger partial charge in [-0.25, -0.2) is 8.42 Å². The molecule has 6 heteroatoms. The number of rotatable bonds is 2. The third kappa shape index (κ3) is 2.41. The fourth-order valence-electron chi connectivity index (χ4n) is 2.10. The van der Waals surface area contributed by atoms with Crippen molar-refractivity contribution in [2.75, 3.05) is 18.8 Å². The van der Waals surface area contributed by atoms with Crippen LogP contribution >= 0.6 is 15.9 Å². The summed E-state index contributed by atoms with van der Waals surface area (Å²) >= 11 is 3.27. The fourth-order valence-corrected chi connectivity index (χ4v) is 4.03. The molecule has 0 aliphatic carbocycles. The van der Waals surface area contributed by atoms with E-state index in [-0.39, 0.29) is 4.90 Å². The summed E-state index contributed by atoms with van der Waals surface area (Å²) in [6.45, 7) is 5.32. The van der Waals surface area contributed by atoms with Crippen molar-refractivity contribution in [2.45, 2.75) is 18.7 Å². The number of hydrogen-bond acceptors (Lipinski definition) is 3. The monoisotopic (exact) mass is 332 g/mol. The number of benzene rings is 1. The molecule has 18 heavy (non-hydrogen) atoms. The van der Waals surface area contributed by atoms with E-state index in [4.69, 9.17) is 5.73 Å². The van der Waals surface area contributed by atoms with Crippen LogP contribution in [0.25, 0.3) is 0 Å². The van der Waals surface area contributed by atoms with E-state index in [0.29, 0.717) is 35.1 Å². The molecule has 1 aromatic carbocycles. The highest BCUT2D eigenvalue weighted by atomic mass is 79.9. The highest BCUT2D eigenvalue weighted by Gasteiger charge is 2.34. The Morgan fingerprint density at radius 3 is 2.33 bits per heavy atom. The first kappa shape index (κ1) is 13.8. The maximum absolute atomic E-state index is 12.4. The number of nitrogens with zero attached hydrogens (tertiary/aromatic N) is 1. The molecule has 2 unspecified atom stereocenters. The maximum atomic E-state index is 12.4. The largest absolute Gasteiger partial charge is 0.398 e. The molecule has 1 heterocycles. The molecule has 4 nitrogen and oxygen atoms in total. The molecule has 1 aromatic rings. The van der Waals surface area contributed by atoms with Crippen LogP contribution in [-0.4, -0.2) is 25.8 Å². The average Bonchev–Trinajstić information content (AvgIpc) is 2.64. The van der Waals surface area contributed by atoms with E-state index in [9.17, 15) is 8.42 Å². The van der Waals surface area contributed by atoms with E-state index in [1.165, 1.54) is 6.07 Å². The first-order chi connectivity index (χ1) is 8.32. The summed E-state index contributed by atoms with van der Waals surface area (Å²) in [7, 11) is -3.41. The smallest absolute Gasteiger partial charge is 0.243 e. The summed E-state index contributed by atoms with van der Waals surface area (Å²) in [6, 6.07) is 4.77. The molecule has 0 radical (unpaired) electrons. The lowest BCUT2D eigenvalue weighted by Crippen LogP contribution is -2.29. The molecule has 1 aliphatic rings. The summed E-state index contributed by atoms with van der Waals surface area (Å²) < 4.78 is 27.1. The molecule has 0 spiro atoms. The van der Waals surface area contributed by atoms with E-state index >= 15 is 0 Å². The first-order valence-corrected chi connectivity index (χ1v) is 8.11. The minimum atomic E-state index is -3.41. The van der Waals surface area contributed by atoms with Gasteiger partial charge in [-0.3, -0.25) is 0 Å². The fraction of sp³-hybridized carbons (Fsp3) is 0.500. The van der Waals surface area contributed by atoms with E-state index in [1.54, 1.807) is 16.4 Å². The van der Waals surface area contributed by atoms with Gasteiger partial charge >= 0.3 is 0 Å². The van der Waals surface area contributed by atoms with Gasteiger partial charge in [-0.05, 0) is 46.0 Å². The van der Waals surface area contributed by atoms with Gasteiger partial charge in [0.05, 0.1) is 4.90 Å². The van der Waals surface area contributed by atoms with Gasteiger partial charge in [-0.2, -0.15) is 4.31 Å². The highest BCUT2D eigenvalue weighted by molar-refractivity contribution is 9.10. The summed E-state index contributed by atoms with van der Waals surface area (Å²) in [5.74, 6) is 0.792. The van der Waals surface area contributed by atoms with Crippen molar-refractivity contribution >= 4 is 31.6 Å². The Hall–Kier alpha value is -0.590. The molecule has 2 rings (SSSR count). The maximum Gasteiger partial charge on any atom is 0.243 e. The summed E-state index contributed by atoms with van der Waals surface area (Å²) in [5, 5.41) is 0. The minimum absolute atomic E-state index is 0.268. The van der Waals surface area contributed by atoms with Crippen molar-refractivity contribution in [2.24, 2.45) is 11.8 Å². The van der Waals surface area contributed by atoms with Crippen LogP contribution in [0.5, 0.6) is 0 Å². The van der Waals surface area contributed by atoms with Crippen LogP contribution in [0.15, 0.2) is 27.6 Å². The van der Waals surface area contributed by atoms with Crippen molar-refractivity contribution in [3.8, 4) is 0 Å². The summed E-state index contributed by atoms with van der Waals surface area (Å²) in [4.78, 5) is 0.268. The zero-order chi connectivity index (χ0) is 13.5. The van der Waals surface area contributed by atoms with Crippen LogP contribution in [0.4, 0.5) is 5.69 Å². The predicted molar refractivity (Wildman–Crippen MR) is 75.6 cm³/mol. The Morgan fingerprint density at radius 2 is 1.83 bits per heavy atom. The van der Waals surface area contributed by atoms with Crippen LogP contribution in [0.1, 0.15) is 13.8 Å². The summed E-state index contributed by atoms with van der Waals surface area (Å²) in [6.07, 6.45) is 0. The Morgan fingerprint density at radius 1 is 1.28 bits per heavy atom. The van der Waals surface area contributed by atoms with Crippen LogP contribution in [0.3, 0.4) is 0 Å². The molecule has 0 aromatic heterocycles. The van der Waals surface area contributed by atoms with E-state index in [1.807, 2.05) is 0 Å². The number of halogens is 1. The second kappa shape index (κ2) is 4.83. The quantitative estimate of drug-likeness (QED) is 0.845. The topological polar surface area (TPSA) is 63.4 Å². The molecule has 1 saturated heterocycles. The zero-order valence-corrected chi connectivity index (χ0v) is 12.8. The minimum Gasteiger partial charge on any atom is -0.398 e. The molecule has 1 aliphatic heterocycles. The number of hydrogen-bond donors (Lipinski definition) is 1. The normalized spacial score (nSPS) is 25.5. The van der Waals surface area contributed by atoms with Crippen LogP contribution < -0.4 is 5.73 Å². The first-order valence-electron chi connectivity index (χ1n) is 5.87. The van der Waals surface area contributed by atoms with Gasteiger partial charge in [-0.15, -0.1) is 0 Å². The summed E-state index contributed by atoms with van der Waals surface area (Å²) in [5.41, 5.74) is 6.18. The van der Waals surface area contributed by atoms with Crippen molar-refractivity contribution in [1.82, 2.24) is 4.31 Å². The molecule has 0 bridgehead atoms. The van der Waals surface area contributed by atoms with E-state index in [2.05, 4.69) is 29.8 Å². The van der Waals surface area contributed by atoms with Gasteiger partial charge < -0.3 is 5.73 Å². The van der Waals surface area contributed by atoms with Crippen molar-refractivity contribution in [3.05, 3.63) is 22.7 Å². The average molecular weight is 333 g/mol. The molecular formula is C12H17BrN2O2S. The van der Waals surface area contributed by atoms with Crippen LogP contribution in [0, 0.1) is 11.8 Å². The third-order valence-electron chi connectivity index (χ3n) is 3.56. The van der Waals surface area contributed by atoms with Gasteiger partial charge in [0.2, 0.25) is 10.0 Å². The van der Waals surface area contributed by atoms with Crippen LogP contribution in [0.2, 0.25) is 0 Å². The van der Waals surface area contributed by atoms with Gasteiger partial charge in [0.1, 0.15) is 0 Å². The Kier molecular flexibility index (Phi) is 3.71. The third-order valence-corrected chi connectivity index (χ3v) is 6.11. The lowest BCUT2D eigenvalue weighted by atomic mass is 10.0. The Balaban J connectivity index is 2.34. The van der Waals surface area contributed by atoms with E-state index in [0.717, 1.165) is 0 Å². The molecule has 0 saturated carbocycles. The lowest BCUT2D eigenvalue weighted by Gasteiger charge is -2.16. The van der Waals surface area contributed by atoms with Gasteiger partial charge in [0.25, 0.3) is 0 Å². The second-order valence-corrected chi connectivity index (χ2v) is 7.75. The van der Waals surface area contributed by atoms with E-state index < -0.39 is 10.0 Å². The highest BCUT2D eigenvalue weighted by Crippen LogP contribution is 2.30. The van der Waals surface area contributed by atoms with Crippen molar-refractivity contribution in [3.63, 3.8) is 0 Å².